The van der Waals surface area contributed by atoms with E-state index in [4.69, 9.17) is 5.73 Å². The number of benzene rings is 1. The number of carbonyl (C=O) groups excluding carboxylic acids is 1. The zero-order chi connectivity index (χ0) is 18.1. The molecule has 26 heavy (non-hydrogen) atoms. The number of para-hydroxylation sites is 1. The Kier molecular flexibility index (Phi) is 4.30. The maximum atomic E-state index is 11.6. The summed E-state index contributed by atoms with van der Waals surface area (Å²) in [7, 11) is 2.15. The molecule has 1 aromatic carbocycles. The fraction of sp³-hybridized carbons (Fsp3) is 0.316. The molecular weight excluding hydrogens is 328 g/mol. The lowest BCUT2D eigenvalue weighted by Crippen LogP contribution is -2.29. The maximum Gasteiger partial charge on any atom is 0.250 e. The largest absolute Gasteiger partial charge is 0.366 e. The summed E-state index contributed by atoms with van der Waals surface area (Å²) < 4.78 is 0. The Hall–Kier alpha value is -2.93. The van der Waals surface area contributed by atoms with Crippen molar-refractivity contribution in [3.8, 4) is 11.4 Å². The first-order chi connectivity index (χ1) is 12.6. The van der Waals surface area contributed by atoms with Crippen molar-refractivity contribution in [2.24, 2.45) is 5.73 Å². The second-order valence-corrected chi connectivity index (χ2v) is 6.70. The van der Waals surface area contributed by atoms with Gasteiger partial charge in [0.1, 0.15) is 17.2 Å². The van der Waals surface area contributed by atoms with Crippen molar-refractivity contribution in [3.63, 3.8) is 0 Å². The van der Waals surface area contributed by atoms with E-state index < -0.39 is 5.91 Å². The van der Waals surface area contributed by atoms with E-state index >= 15 is 0 Å². The molecule has 0 aliphatic carbocycles. The maximum absolute atomic E-state index is 11.6. The minimum absolute atomic E-state index is 0.420. The van der Waals surface area contributed by atoms with Crippen molar-refractivity contribution in [3.05, 3.63) is 42.1 Å². The van der Waals surface area contributed by atoms with Crippen LogP contribution in [0.25, 0.3) is 22.4 Å². The summed E-state index contributed by atoms with van der Waals surface area (Å²) >= 11 is 0. The normalized spacial score (nSPS) is 16.0. The summed E-state index contributed by atoms with van der Waals surface area (Å²) in [5.41, 5.74) is 8.12. The van der Waals surface area contributed by atoms with E-state index in [1.54, 1.807) is 12.1 Å². The number of aromatic nitrogens is 3. The summed E-state index contributed by atoms with van der Waals surface area (Å²) in [5, 5.41) is 0. The Morgan fingerprint density at radius 2 is 2.04 bits per heavy atom. The molecule has 1 aliphatic rings. The van der Waals surface area contributed by atoms with Crippen molar-refractivity contribution in [1.29, 1.82) is 0 Å². The number of H-pyrrole nitrogens is 1. The van der Waals surface area contributed by atoms with Crippen LogP contribution >= 0.6 is 0 Å². The molecule has 3 N–H and O–H groups in total. The van der Waals surface area contributed by atoms with Crippen LogP contribution in [0.3, 0.4) is 0 Å². The zero-order valence-corrected chi connectivity index (χ0v) is 14.8. The average molecular weight is 350 g/mol. The monoisotopic (exact) mass is 350 g/mol. The Labute approximate surface area is 151 Å². The number of imidazole rings is 1. The third kappa shape index (κ3) is 3.13. The average Bonchev–Trinajstić information content (AvgIpc) is 2.97. The lowest BCUT2D eigenvalue weighted by molar-refractivity contribution is 0.100. The molecule has 1 amide bonds. The number of carbonyl (C=O) groups is 1. The van der Waals surface area contributed by atoms with E-state index in [0.29, 0.717) is 16.9 Å². The van der Waals surface area contributed by atoms with Gasteiger partial charge in [0.05, 0.1) is 11.1 Å². The third-order valence-electron chi connectivity index (χ3n) is 4.84. The van der Waals surface area contributed by atoms with Gasteiger partial charge < -0.3 is 20.5 Å². The van der Waals surface area contributed by atoms with E-state index in [2.05, 4.69) is 31.8 Å². The van der Waals surface area contributed by atoms with Gasteiger partial charge in [0, 0.05) is 31.4 Å². The number of amides is 1. The molecule has 7 nitrogen and oxygen atoms in total. The second kappa shape index (κ2) is 6.76. The molecule has 3 aromatic rings. The van der Waals surface area contributed by atoms with Gasteiger partial charge in [-0.2, -0.15) is 0 Å². The first-order valence-corrected chi connectivity index (χ1v) is 8.80. The molecule has 0 radical (unpaired) electrons. The van der Waals surface area contributed by atoms with Crippen molar-refractivity contribution in [1.82, 2.24) is 19.9 Å². The molecule has 1 fully saturated rings. The molecule has 0 spiro atoms. The lowest BCUT2D eigenvalue weighted by atomic mass is 10.2. The van der Waals surface area contributed by atoms with Gasteiger partial charge in [0.15, 0.2) is 0 Å². The molecule has 1 aliphatic heterocycles. The van der Waals surface area contributed by atoms with E-state index in [0.717, 1.165) is 49.5 Å². The van der Waals surface area contributed by atoms with Crippen molar-refractivity contribution >= 4 is 22.8 Å². The topological polar surface area (TPSA) is 91.1 Å². The van der Waals surface area contributed by atoms with E-state index in [1.165, 1.54) is 0 Å². The molecule has 1 saturated heterocycles. The molecule has 0 bridgehead atoms. The number of hydrogen-bond acceptors (Lipinski definition) is 5. The van der Waals surface area contributed by atoms with Gasteiger partial charge in [-0.05, 0) is 44.3 Å². The van der Waals surface area contributed by atoms with Crippen LogP contribution in [0.4, 0.5) is 5.82 Å². The van der Waals surface area contributed by atoms with Gasteiger partial charge in [-0.1, -0.05) is 6.07 Å². The van der Waals surface area contributed by atoms with Crippen molar-refractivity contribution < 1.29 is 4.79 Å². The predicted molar refractivity (Wildman–Crippen MR) is 102 cm³/mol. The SMILES string of the molecule is CN1CCCN(c2ccc(-c3nc4c(C(N)=O)cccc4[nH]3)cn2)CC1. The van der Waals surface area contributed by atoms with Crippen LogP contribution in [-0.4, -0.2) is 59.0 Å². The summed E-state index contributed by atoms with van der Waals surface area (Å²) in [4.78, 5) is 28.7. The molecule has 3 heterocycles. The van der Waals surface area contributed by atoms with E-state index in [1.807, 2.05) is 24.4 Å². The van der Waals surface area contributed by atoms with Gasteiger partial charge in [-0.3, -0.25) is 4.79 Å². The summed E-state index contributed by atoms with van der Waals surface area (Å²) in [6, 6.07) is 9.41. The highest BCUT2D eigenvalue weighted by molar-refractivity contribution is 6.04. The van der Waals surface area contributed by atoms with Crippen molar-refractivity contribution in [2.45, 2.75) is 6.42 Å². The van der Waals surface area contributed by atoms with Crippen molar-refractivity contribution in [2.75, 3.05) is 38.1 Å². The molecule has 7 heteroatoms. The first-order valence-electron chi connectivity index (χ1n) is 8.80. The fourth-order valence-corrected chi connectivity index (χ4v) is 3.36. The van der Waals surface area contributed by atoms with Gasteiger partial charge >= 0.3 is 0 Å². The number of nitrogens with one attached hydrogen (secondary N) is 1. The second-order valence-electron chi connectivity index (χ2n) is 6.70. The van der Waals surface area contributed by atoms with Crippen LogP contribution < -0.4 is 10.6 Å². The van der Waals surface area contributed by atoms with E-state index in [9.17, 15) is 4.79 Å². The number of nitrogens with zero attached hydrogens (tertiary/aromatic N) is 4. The number of nitrogens with two attached hydrogens (primary N) is 1. The Balaban J connectivity index is 1.62. The van der Waals surface area contributed by atoms with Gasteiger partial charge in [0.2, 0.25) is 0 Å². The number of primary amides is 1. The number of fused-ring (bicyclic) bond motifs is 1. The fourth-order valence-electron chi connectivity index (χ4n) is 3.36. The number of rotatable bonds is 3. The van der Waals surface area contributed by atoms with Crippen LogP contribution in [0.2, 0.25) is 0 Å². The summed E-state index contributed by atoms with van der Waals surface area (Å²) in [5.74, 6) is 1.19. The minimum Gasteiger partial charge on any atom is -0.366 e. The summed E-state index contributed by atoms with van der Waals surface area (Å²) in [6.45, 7) is 4.16. The Morgan fingerprint density at radius 3 is 2.81 bits per heavy atom. The lowest BCUT2D eigenvalue weighted by Gasteiger charge is -2.21. The number of aromatic amines is 1. The van der Waals surface area contributed by atoms with Gasteiger partial charge in [-0.15, -0.1) is 0 Å². The third-order valence-corrected chi connectivity index (χ3v) is 4.84. The number of anilines is 1. The quantitative estimate of drug-likeness (QED) is 0.752. The van der Waals surface area contributed by atoms with Gasteiger partial charge in [0.25, 0.3) is 5.91 Å². The van der Waals surface area contributed by atoms with Crippen LogP contribution in [-0.2, 0) is 0 Å². The minimum atomic E-state index is -0.478. The van der Waals surface area contributed by atoms with Crippen LogP contribution in [0.1, 0.15) is 16.8 Å². The highest BCUT2D eigenvalue weighted by atomic mass is 16.1. The molecule has 0 saturated carbocycles. The molecular formula is C19H22N6O. The highest BCUT2D eigenvalue weighted by Gasteiger charge is 2.15. The van der Waals surface area contributed by atoms with Gasteiger partial charge in [-0.25, -0.2) is 9.97 Å². The standard InChI is InChI=1S/C19H22N6O/c1-24-8-3-9-25(11-10-24)16-7-6-13(12-21-16)19-22-15-5-2-4-14(18(20)26)17(15)23-19/h2,4-7,12H,3,8-11H2,1H3,(H2,20,26)(H,22,23). The Morgan fingerprint density at radius 1 is 1.15 bits per heavy atom. The van der Waals surface area contributed by atoms with Crippen LogP contribution in [0.5, 0.6) is 0 Å². The molecule has 2 aromatic heterocycles. The Bertz CT molecular complexity index is 933. The molecule has 4 rings (SSSR count). The molecule has 0 unspecified atom stereocenters. The predicted octanol–water partition coefficient (Wildman–Crippen LogP) is 1.87. The first kappa shape index (κ1) is 16.5. The van der Waals surface area contributed by atoms with Crippen LogP contribution in [0.15, 0.2) is 36.5 Å². The smallest absolute Gasteiger partial charge is 0.250 e. The van der Waals surface area contributed by atoms with E-state index in [-0.39, 0.29) is 0 Å². The highest BCUT2D eigenvalue weighted by Crippen LogP contribution is 2.24. The summed E-state index contributed by atoms with van der Waals surface area (Å²) in [6.07, 6.45) is 2.96. The molecule has 134 valence electrons. The van der Waals surface area contributed by atoms with Crippen LogP contribution in [0, 0.1) is 0 Å². The number of pyridine rings is 1. The number of likely N-dealkylation sites (N-methyl/N-ethyl adjacent to an activating group) is 1. The molecule has 0 atom stereocenters. The zero-order valence-electron chi connectivity index (χ0n) is 14.8. The number of hydrogen-bond donors (Lipinski definition) is 2.